The highest BCUT2D eigenvalue weighted by Crippen LogP contribution is 2.19. The van der Waals surface area contributed by atoms with E-state index in [-0.39, 0.29) is 23.7 Å². The molecule has 3 N–H and O–H groups in total. The number of carboxylic acids is 2. The van der Waals surface area contributed by atoms with Gasteiger partial charge in [-0.15, -0.1) is 0 Å². The fourth-order valence-electron chi connectivity index (χ4n) is 1.81. The van der Waals surface area contributed by atoms with Crippen molar-refractivity contribution in [3.8, 4) is 0 Å². The highest BCUT2D eigenvalue weighted by atomic mass is 32.2. The highest BCUT2D eigenvalue weighted by Gasteiger charge is 2.26. The summed E-state index contributed by atoms with van der Waals surface area (Å²) in [6, 6.07) is 1.87. The fraction of sp³-hybridized carbons (Fsp3) is 0.429. The van der Waals surface area contributed by atoms with Gasteiger partial charge in [0.1, 0.15) is 6.04 Å². The Morgan fingerprint density at radius 3 is 2.43 bits per heavy atom. The number of carbonyl (C=O) groups excluding carboxylic acids is 2. The second kappa shape index (κ2) is 8.99. The van der Waals surface area contributed by atoms with Crippen molar-refractivity contribution in [3.63, 3.8) is 0 Å². The van der Waals surface area contributed by atoms with E-state index in [2.05, 4.69) is 5.32 Å². The maximum absolute atomic E-state index is 12.2. The Kier molecular flexibility index (Phi) is 7.33. The van der Waals surface area contributed by atoms with E-state index in [4.69, 9.17) is 14.6 Å². The van der Waals surface area contributed by atoms with Gasteiger partial charge in [-0.25, -0.2) is 4.79 Å². The number of aliphatic carboxylic acids is 2. The number of carboxylic acid groups (broad SMARTS) is 2. The number of hydrogen-bond donors (Lipinski definition) is 3. The van der Waals surface area contributed by atoms with Crippen LogP contribution in [0.15, 0.2) is 22.8 Å². The van der Waals surface area contributed by atoms with Crippen molar-refractivity contribution in [1.82, 2.24) is 5.32 Å². The molecule has 0 saturated heterocycles. The van der Waals surface area contributed by atoms with Crippen LogP contribution in [0.5, 0.6) is 0 Å². The third-order valence-electron chi connectivity index (χ3n) is 2.83. The number of nitrogens with one attached hydrogen (secondary N) is 1. The molecule has 126 valence electrons. The van der Waals surface area contributed by atoms with Gasteiger partial charge in [-0.3, -0.25) is 14.4 Å². The van der Waals surface area contributed by atoms with Gasteiger partial charge in [0.2, 0.25) is 11.7 Å². The predicted molar refractivity (Wildman–Crippen MR) is 81.3 cm³/mol. The number of Topliss-reactive ketones (excluding diaryl/α,β-unsaturated/α-hetero) is 1. The molecule has 1 heterocycles. The predicted octanol–water partition coefficient (Wildman–Crippen LogP) is 0.876. The van der Waals surface area contributed by atoms with E-state index < -0.39 is 35.6 Å². The summed E-state index contributed by atoms with van der Waals surface area (Å²) in [6.45, 7) is 1.20. The molecule has 2 atom stereocenters. The first kappa shape index (κ1) is 18.8. The molecule has 8 nitrogen and oxygen atoms in total. The van der Waals surface area contributed by atoms with Gasteiger partial charge in [0.25, 0.3) is 0 Å². The number of amides is 1. The summed E-state index contributed by atoms with van der Waals surface area (Å²) in [5, 5.41) is 20.2. The van der Waals surface area contributed by atoms with E-state index >= 15 is 0 Å². The minimum Gasteiger partial charge on any atom is -0.481 e. The van der Waals surface area contributed by atoms with Crippen LogP contribution in [0, 0.1) is 5.92 Å². The number of rotatable bonds is 10. The van der Waals surface area contributed by atoms with E-state index in [9.17, 15) is 19.2 Å². The quantitative estimate of drug-likeness (QED) is 0.533. The van der Waals surface area contributed by atoms with Crippen LogP contribution in [0.4, 0.5) is 0 Å². The molecule has 23 heavy (non-hydrogen) atoms. The molecule has 0 radical (unpaired) electrons. The Balaban J connectivity index is 2.63. The normalized spacial score (nSPS) is 13.1. The molecule has 0 aromatic carbocycles. The lowest BCUT2D eigenvalue weighted by molar-refractivity contribution is -0.140. The van der Waals surface area contributed by atoms with E-state index in [0.29, 0.717) is 0 Å². The van der Waals surface area contributed by atoms with Crippen molar-refractivity contribution in [2.45, 2.75) is 19.4 Å². The van der Waals surface area contributed by atoms with Gasteiger partial charge in [-0.1, -0.05) is 0 Å². The molecule has 9 heteroatoms. The minimum atomic E-state index is -1.19. The molecule has 1 aromatic heterocycles. The summed E-state index contributed by atoms with van der Waals surface area (Å²) in [5.74, 6) is -3.90. The second-order valence-electron chi connectivity index (χ2n) is 4.77. The van der Waals surface area contributed by atoms with Gasteiger partial charge in [-0.05, 0) is 12.1 Å². The third kappa shape index (κ3) is 6.55. The van der Waals surface area contributed by atoms with Crippen LogP contribution in [-0.4, -0.2) is 51.4 Å². The van der Waals surface area contributed by atoms with Crippen molar-refractivity contribution in [3.05, 3.63) is 24.2 Å². The first-order valence-corrected chi connectivity index (χ1v) is 7.84. The molecule has 1 rings (SSSR count). The van der Waals surface area contributed by atoms with E-state index in [1.165, 1.54) is 25.3 Å². The smallest absolute Gasteiger partial charge is 0.327 e. The molecular weight excluding hydrogens is 326 g/mol. The molecule has 0 bridgehead atoms. The maximum Gasteiger partial charge on any atom is 0.327 e. The van der Waals surface area contributed by atoms with Gasteiger partial charge in [0, 0.05) is 24.3 Å². The molecule has 0 saturated carbocycles. The molecule has 0 aliphatic carbocycles. The number of furan rings is 1. The number of thioether (sulfide) groups is 1. The zero-order valence-electron chi connectivity index (χ0n) is 12.4. The third-order valence-corrected chi connectivity index (χ3v) is 4.04. The lowest BCUT2D eigenvalue weighted by Crippen LogP contribution is -2.41. The Hall–Kier alpha value is -2.29. The van der Waals surface area contributed by atoms with E-state index in [1.54, 1.807) is 0 Å². The van der Waals surface area contributed by atoms with Gasteiger partial charge < -0.3 is 19.9 Å². The van der Waals surface area contributed by atoms with E-state index in [1.807, 2.05) is 0 Å². The van der Waals surface area contributed by atoms with Crippen LogP contribution in [0.1, 0.15) is 23.9 Å². The van der Waals surface area contributed by atoms with Crippen molar-refractivity contribution in [2.75, 3.05) is 11.5 Å². The highest BCUT2D eigenvalue weighted by molar-refractivity contribution is 7.99. The summed E-state index contributed by atoms with van der Waals surface area (Å²) < 4.78 is 4.97. The Morgan fingerprint density at radius 1 is 1.26 bits per heavy atom. The number of carbonyl (C=O) groups is 4. The van der Waals surface area contributed by atoms with Crippen molar-refractivity contribution in [1.29, 1.82) is 0 Å². The first-order valence-electron chi connectivity index (χ1n) is 6.68. The van der Waals surface area contributed by atoms with Crippen molar-refractivity contribution in [2.24, 2.45) is 5.92 Å². The van der Waals surface area contributed by atoms with Crippen LogP contribution < -0.4 is 5.32 Å². The van der Waals surface area contributed by atoms with Crippen molar-refractivity contribution >= 4 is 35.4 Å². The molecule has 1 amide bonds. The molecule has 1 aromatic rings. The zero-order chi connectivity index (χ0) is 17.4. The van der Waals surface area contributed by atoms with Gasteiger partial charge in [-0.2, -0.15) is 11.8 Å². The Morgan fingerprint density at radius 2 is 1.96 bits per heavy atom. The van der Waals surface area contributed by atoms with Gasteiger partial charge >= 0.3 is 11.9 Å². The molecule has 0 aliphatic rings. The summed E-state index contributed by atoms with van der Waals surface area (Å²) in [5.41, 5.74) is 0. The zero-order valence-corrected chi connectivity index (χ0v) is 13.2. The Labute approximate surface area is 136 Å². The topological polar surface area (TPSA) is 134 Å². The summed E-state index contributed by atoms with van der Waals surface area (Å²) in [4.78, 5) is 45.0. The monoisotopic (exact) mass is 343 g/mol. The first-order chi connectivity index (χ1) is 10.8. The molecule has 0 aliphatic heterocycles. The minimum absolute atomic E-state index is 0.0243. The lowest BCUT2D eigenvalue weighted by Gasteiger charge is -2.15. The molecular formula is C14H17NO7S. The van der Waals surface area contributed by atoms with Crippen LogP contribution >= 0.6 is 11.8 Å². The Bertz CT molecular complexity index is 570. The lowest BCUT2D eigenvalue weighted by atomic mass is 10.0. The van der Waals surface area contributed by atoms with Crippen LogP contribution in [-0.2, 0) is 14.4 Å². The molecule has 0 spiro atoms. The summed E-state index contributed by atoms with van der Waals surface area (Å²) in [6.07, 6.45) is 0.930. The van der Waals surface area contributed by atoms with Crippen molar-refractivity contribution < 1.29 is 33.8 Å². The van der Waals surface area contributed by atoms with Gasteiger partial charge in [0.05, 0.1) is 12.7 Å². The number of hydrogen-bond acceptors (Lipinski definition) is 6. The van der Waals surface area contributed by atoms with Crippen LogP contribution in [0.3, 0.4) is 0 Å². The van der Waals surface area contributed by atoms with Crippen LogP contribution in [0.2, 0.25) is 0 Å². The standard InChI is InChI=1S/C14H17NO7S/c1-8(16)15-10(14(20)21)7-23-6-9(5-12(17)18)13(19)11-3-2-4-22-11/h2-4,9-10H,5-7H2,1H3,(H,15,16)(H,17,18)(H,20,21)/t9?,10-/m0/s1. The van der Waals surface area contributed by atoms with E-state index in [0.717, 1.165) is 11.8 Å². The van der Waals surface area contributed by atoms with Crippen LogP contribution in [0.25, 0.3) is 0 Å². The fourth-order valence-corrected chi connectivity index (χ4v) is 2.96. The molecule has 1 unspecified atom stereocenters. The van der Waals surface area contributed by atoms with Gasteiger partial charge in [0.15, 0.2) is 5.76 Å². The SMILES string of the molecule is CC(=O)N[C@@H](CSCC(CC(=O)O)C(=O)c1ccco1)C(=O)O. The average Bonchev–Trinajstić information content (AvgIpc) is 2.97. The second-order valence-corrected chi connectivity index (χ2v) is 5.84. The molecule has 0 fully saturated rings. The summed E-state index contributed by atoms with van der Waals surface area (Å²) >= 11 is 1.09. The summed E-state index contributed by atoms with van der Waals surface area (Å²) in [7, 11) is 0. The largest absolute Gasteiger partial charge is 0.481 e. The maximum atomic E-state index is 12.2. The number of ketones is 1. The average molecular weight is 343 g/mol.